The zero-order valence-electron chi connectivity index (χ0n) is 12.0. The summed E-state index contributed by atoms with van der Waals surface area (Å²) < 4.78 is 48.7. The molecule has 1 N–H and O–H groups in total. The maximum absolute atomic E-state index is 12.8. The fourth-order valence-corrected chi connectivity index (χ4v) is 1.96. The molecule has 118 valence electrons. The molecule has 0 unspecified atom stereocenters. The number of ketones is 1. The molecule has 0 aromatic heterocycles. The third-order valence-electron chi connectivity index (χ3n) is 2.95. The molecule has 7 heteroatoms. The minimum Gasteiger partial charge on any atom is -0.497 e. The van der Waals surface area contributed by atoms with Gasteiger partial charge < -0.3 is 14.8 Å². The van der Waals surface area contributed by atoms with Crippen LogP contribution in [0.1, 0.15) is 18.1 Å². The van der Waals surface area contributed by atoms with Crippen molar-refractivity contribution in [3.8, 4) is 0 Å². The number of hydrogen-bond acceptors (Lipinski definition) is 4. The minimum absolute atomic E-state index is 0.0413. The molecular formula is C15H14F3NO3. The summed E-state index contributed by atoms with van der Waals surface area (Å²) in [6.07, 6.45) is -3.33. The van der Waals surface area contributed by atoms with E-state index in [2.05, 4.69) is 5.32 Å². The van der Waals surface area contributed by atoms with Gasteiger partial charge in [0.25, 0.3) is 0 Å². The second-order valence-electron chi connectivity index (χ2n) is 4.40. The second-order valence-corrected chi connectivity index (χ2v) is 4.40. The van der Waals surface area contributed by atoms with Crippen LogP contribution in [0.2, 0.25) is 0 Å². The molecule has 0 amide bonds. The molecule has 0 bridgehead atoms. The number of rotatable bonds is 4. The van der Waals surface area contributed by atoms with Gasteiger partial charge in [-0.05, 0) is 24.6 Å². The molecule has 1 aromatic carbocycles. The fraction of sp³-hybridized carbons (Fsp3) is 0.267. The van der Waals surface area contributed by atoms with Crippen molar-refractivity contribution in [3.05, 3.63) is 53.3 Å². The van der Waals surface area contributed by atoms with Crippen LogP contribution >= 0.6 is 0 Å². The van der Waals surface area contributed by atoms with Gasteiger partial charge in [0.1, 0.15) is 6.26 Å². The van der Waals surface area contributed by atoms with E-state index in [9.17, 15) is 18.0 Å². The number of carbonyl (C=O) groups excluding carboxylic acids is 1. The van der Waals surface area contributed by atoms with Crippen molar-refractivity contribution in [2.75, 3.05) is 13.7 Å². The number of carbonyl (C=O) groups is 1. The highest BCUT2D eigenvalue weighted by Gasteiger charge is 2.35. The van der Waals surface area contributed by atoms with E-state index in [1.54, 1.807) is 6.92 Å². The largest absolute Gasteiger partial charge is 0.497 e. The summed E-state index contributed by atoms with van der Waals surface area (Å²) in [6.45, 7) is 2.07. The smallest absolute Gasteiger partial charge is 0.416 e. The number of Topliss-reactive ketones (excluding diaryl/α,β-unsaturated/α-hetero) is 1. The Hall–Kier alpha value is -2.44. The van der Waals surface area contributed by atoms with Crippen LogP contribution in [0.3, 0.4) is 0 Å². The second kappa shape index (κ2) is 6.13. The molecule has 0 atom stereocenters. The molecule has 4 nitrogen and oxygen atoms in total. The van der Waals surface area contributed by atoms with Crippen molar-refractivity contribution < 1.29 is 27.4 Å². The van der Waals surface area contributed by atoms with Crippen LogP contribution in [0.4, 0.5) is 13.2 Å². The van der Waals surface area contributed by atoms with Crippen molar-refractivity contribution in [1.82, 2.24) is 5.32 Å². The maximum Gasteiger partial charge on any atom is 0.416 e. The topological polar surface area (TPSA) is 47.6 Å². The molecule has 1 aliphatic heterocycles. The summed E-state index contributed by atoms with van der Waals surface area (Å²) in [5.41, 5.74) is -0.661. The van der Waals surface area contributed by atoms with Gasteiger partial charge in [0.15, 0.2) is 0 Å². The van der Waals surface area contributed by atoms with Gasteiger partial charge in [0.05, 0.1) is 17.7 Å². The van der Waals surface area contributed by atoms with Crippen molar-refractivity contribution in [1.29, 1.82) is 0 Å². The number of allylic oxidation sites excluding steroid dienone is 1. The van der Waals surface area contributed by atoms with E-state index < -0.39 is 17.5 Å². The van der Waals surface area contributed by atoms with E-state index in [1.165, 1.54) is 19.2 Å². The molecular weight excluding hydrogens is 299 g/mol. The summed E-state index contributed by atoms with van der Waals surface area (Å²) in [6, 6.07) is 4.53. The Balaban J connectivity index is 2.44. The van der Waals surface area contributed by atoms with Crippen LogP contribution in [0.15, 0.2) is 42.2 Å². The fourth-order valence-electron chi connectivity index (χ4n) is 1.96. The Morgan fingerprint density at radius 2 is 2.09 bits per heavy atom. The van der Waals surface area contributed by atoms with E-state index in [-0.39, 0.29) is 22.8 Å². The van der Waals surface area contributed by atoms with Crippen LogP contribution in [0.5, 0.6) is 0 Å². The maximum atomic E-state index is 12.8. The molecule has 1 aromatic rings. The van der Waals surface area contributed by atoms with Gasteiger partial charge in [0, 0.05) is 7.05 Å². The Kier molecular flexibility index (Phi) is 4.44. The Morgan fingerprint density at radius 3 is 2.68 bits per heavy atom. The Labute approximate surface area is 125 Å². The van der Waals surface area contributed by atoms with Crippen LogP contribution < -0.4 is 5.32 Å². The monoisotopic (exact) mass is 313 g/mol. The van der Waals surface area contributed by atoms with Gasteiger partial charge in [-0.2, -0.15) is 13.2 Å². The van der Waals surface area contributed by atoms with E-state index in [0.717, 1.165) is 18.4 Å². The standard InChI is InChI=1S/C15H14F3NO3/c1-3-21-8-11-13(20)12(14(19-2)22-11)9-5-4-6-10(7-9)15(16,17)18/h4-8,19H,3H2,1-2H3. The highest BCUT2D eigenvalue weighted by molar-refractivity contribution is 6.30. The van der Waals surface area contributed by atoms with Gasteiger partial charge in [-0.1, -0.05) is 12.1 Å². The molecule has 0 saturated heterocycles. The highest BCUT2D eigenvalue weighted by atomic mass is 19.4. The van der Waals surface area contributed by atoms with Gasteiger partial charge in [-0.15, -0.1) is 0 Å². The normalized spacial score (nSPS) is 17.0. The lowest BCUT2D eigenvalue weighted by Gasteiger charge is -2.09. The molecule has 0 spiro atoms. The predicted molar refractivity (Wildman–Crippen MR) is 73.2 cm³/mol. The minimum atomic E-state index is -4.48. The van der Waals surface area contributed by atoms with Crippen LogP contribution in [0.25, 0.3) is 5.57 Å². The zero-order chi connectivity index (χ0) is 16.3. The van der Waals surface area contributed by atoms with Crippen molar-refractivity contribution in [3.63, 3.8) is 0 Å². The van der Waals surface area contributed by atoms with Crippen LogP contribution in [-0.2, 0) is 20.4 Å². The number of alkyl halides is 3. The first-order valence-electron chi connectivity index (χ1n) is 6.52. The van der Waals surface area contributed by atoms with Crippen molar-refractivity contribution >= 4 is 11.4 Å². The van der Waals surface area contributed by atoms with E-state index in [1.807, 2.05) is 0 Å². The third-order valence-corrected chi connectivity index (χ3v) is 2.95. The van der Waals surface area contributed by atoms with Gasteiger partial charge >= 0.3 is 6.18 Å². The lowest BCUT2D eigenvalue weighted by Crippen LogP contribution is -2.09. The number of hydrogen-bond donors (Lipinski definition) is 1. The van der Waals surface area contributed by atoms with Gasteiger partial charge in [-0.3, -0.25) is 4.79 Å². The molecule has 1 aliphatic rings. The van der Waals surface area contributed by atoms with Crippen molar-refractivity contribution in [2.24, 2.45) is 0 Å². The van der Waals surface area contributed by atoms with Crippen molar-refractivity contribution in [2.45, 2.75) is 13.1 Å². The molecule has 0 fully saturated rings. The summed E-state index contributed by atoms with van der Waals surface area (Å²) in [7, 11) is 1.51. The van der Waals surface area contributed by atoms with Gasteiger partial charge in [0.2, 0.25) is 17.4 Å². The molecule has 0 saturated carbocycles. The molecule has 2 rings (SSSR count). The van der Waals surface area contributed by atoms with Crippen LogP contribution in [0, 0.1) is 0 Å². The highest BCUT2D eigenvalue weighted by Crippen LogP contribution is 2.35. The number of benzene rings is 1. The lowest BCUT2D eigenvalue weighted by molar-refractivity contribution is -0.137. The first-order chi connectivity index (χ1) is 10.4. The number of ether oxygens (including phenoxy) is 2. The third kappa shape index (κ3) is 3.08. The summed E-state index contributed by atoms with van der Waals surface area (Å²) >= 11 is 0. The van der Waals surface area contributed by atoms with Gasteiger partial charge in [-0.25, -0.2) is 0 Å². The number of nitrogens with one attached hydrogen (secondary N) is 1. The SMILES string of the molecule is CCOC=C1OC(NC)=C(c2cccc(C(F)(F)F)c2)C1=O. The number of halogens is 3. The van der Waals surface area contributed by atoms with E-state index in [0.29, 0.717) is 6.61 Å². The summed E-state index contributed by atoms with van der Waals surface area (Å²) in [5.74, 6) is -0.508. The zero-order valence-corrected chi connectivity index (χ0v) is 12.0. The summed E-state index contributed by atoms with van der Waals surface area (Å²) in [4.78, 5) is 12.3. The first kappa shape index (κ1) is 15.9. The van der Waals surface area contributed by atoms with E-state index in [4.69, 9.17) is 9.47 Å². The van der Waals surface area contributed by atoms with Crippen LogP contribution in [-0.4, -0.2) is 19.4 Å². The average Bonchev–Trinajstić information content (AvgIpc) is 2.80. The molecule has 0 aliphatic carbocycles. The average molecular weight is 313 g/mol. The lowest BCUT2D eigenvalue weighted by atomic mass is 10.00. The Morgan fingerprint density at radius 1 is 1.36 bits per heavy atom. The predicted octanol–water partition coefficient (Wildman–Crippen LogP) is 3.07. The molecule has 22 heavy (non-hydrogen) atoms. The quantitative estimate of drug-likeness (QED) is 0.685. The van der Waals surface area contributed by atoms with E-state index >= 15 is 0 Å². The Bertz CT molecular complexity index is 648. The molecule has 1 heterocycles. The summed E-state index contributed by atoms with van der Waals surface area (Å²) in [5, 5.41) is 2.67. The first-order valence-corrected chi connectivity index (χ1v) is 6.52. The molecule has 0 radical (unpaired) electrons.